The molecule has 1 aromatic heterocycles. The van der Waals surface area contributed by atoms with Gasteiger partial charge in [0.05, 0.1) is 23.6 Å². The number of rotatable bonds is 5. The first-order chi connectivity index (χ1) is 17.9. The number of morpholine rings is 1. The number of imidazole rings is 1. The van der Waals surface area contributed by atoms with Crippen molar-refractivity contribution in [3.63, 3.8) is 0 Å². The molecule has 4 heterocycles. The Morgan fingerprint density at radius 3 is 2.32 bits per heavy atom. The maximum absolute atomic E-state index is 6.17. The fourth-order valence-electron chi connectivity index (χ4n) is 6.01. The van der Waals surface area contributed by atoms with Crippen molar-refractivity contribution in [2.45, 2.75) is 59.1 Å². The van der Waals surface area contributed by atoms with Gasteiger partial charge in [-0.25, -0.2) is 4.98 Å². The highest BCUT2D eigenvalue weighted by atomic mass is 16.5. The molecule has 0 bridgehead atoms. The monoisotopic (exact) mass is 501 g/mol. The number of piperazine rings is 1. The summed E-state index contributed by atoms with van der Waals surface area (Å²) in [7, 11) is 0. The minimum Gasteiger partial charge on any atom is -0.483 e. The molecule has 7 nitrogen and oxygen atoms in total. The molecule has 6 rings (SSSR count). The number of ether oxygens (including phenoxy) is 2. The molecule has 2 saturated heterocycles. The second-order valence-electron chi connectivity index (χ2n) is 11.1. The third kappa shape index (κ3) is 5.13. The summed E-state index contributed by atoms with van der Waals surface area (Å²) < 4.78 is 14.3. The summed E-state index contributed by atoms with van der Waals surface area (Å²) in [6.07, 6.45) is 2.69. The number of fused-ring (bicyclic) bond motifs is 3. The maximum Gasteiger partial charge on any atom is 0.151 e. The molecular formula is C30H39N5O2. The van der Waals surface area contributed by atoms with Crippen LogP contribution < -0.4 is 9.64 Å². The summed E-state index contributed by atoms with van der Waals surface area (Å²) in [5.74, 6) is 1.88. The highest BCUT2D eigenvalue weighted by molar-refractivity contribution is 5.70. The van der Waals surface area contributed by atoms with Crippen molar-refractivity contribution in [2.75, 3.05) is 44.2 Å². The summed E-state index contributed by atoms with van der Waals surface area (Å²) in [5, 5.41) is 0. The maximum atomic E-state index is 6.17. The van der Waals surface area contributed by atoms with E-state index >= 15 is 0 Å². The molecule has 0 aliphatic carbocycles. The SMILES string of the molecule is CC(C)N1CCN(c2ccc(-c3ccc4c(c3)OCc3nc(CN5C[C@@H](C)O[C@@H](C)C5)cn3-4)cc2)CC1. The van der Waals surface area contributed by atoms with Gasteiger partial charge >= 0.3 is 0 Å². The number of hydrogen-bond acceptors (Lipinski definition) is 6. The Labute approximate surface area is 220 Å². The Hall–Kier alpha value is -2.87. The van der Waals surface area contributed by atoms with Crippen LogP contribution in [0, 0.1) is 0 Å². The van der Waals surface area contributed by atoms with Crippen LogP contribution in [0.25, 0.3) is 16.8 Å². The number of nitrogens with zero attached hydrogens (tertiary/aromatic N) is 5. The van der Waals surface area contributed by atoms with Crippen LogP contribution >= 0.6 is 0 Å². The molecule has 0 unspecified atom stereocenters. The normalized spacial score (nSPS) is 22.6. The van der Waals surface area contributed by atoms with Crippen LogP contribution in [0.4, 0.5) is 5.69 Å². The average molecular weight is 502 g/mol. The smallest absolute Gasteiger partial charge is 0.151 e. The number of anilines is 1. The number of benzene rings is 2. The van der Waals surface area contributed by atoms with E-state index in [-0.39, 0.29) is 12.2 Å². The Balaban J connectivity index is 1.16. The van der Waals surface area contributed by atoms with E-state index in [0.717, 1.165) is 68.8 Å². The Morgan fingerprint density at radius 2 is 1.62 bits per heavy atom. The van der Waals surface area contributed by atoms with Crippen LogP contribution in [0.1, 0.15) is 39.2 Å². The van der Waals surface area contributed by atoms with Gasteiger partial charge in [-0.2, -0.15) is 0 Å². The predicted molar refractivity (Wildman–Crippen MR) is 148 cm³/mol. The summed E-state index contributed by atoms with van der Waals surface area (Å²) in [6.45, 7) is 16.5. The van der Waals surface area contributed by atoms with Gasteiger partial charge in [-0.05, 0) is 63.1 Å². The fraction of sp³-hybridized carbons (Fsp3) is 0.500. The van der Waals surface area contributed by atoms with Gasteiger partial charge < -0.3 is 14.4 Å². The largest absolute Gasteiger partial charge is 0.483 e. The lowest BCUT2D eigenvalue weighted by Crippen LogP contribution is -2.48. The zero-order valence-electron chi connectivity index (χ0n) is 22.6. The second-order valence-corrected chi connectivity index (χ2v) is 11.1. The van der Waals surface area contributed by atoms with Gasteiger partial charge in [0.1, 0.15) is 12.4 Å². The molecule has 2 atom stereocenters. The molecule has 37 heavy (non-hydrogen) atoms. The highest BCUT2D eigenvalue weighted by Gasteiger charge is 2.25. The summed E-state index contributed by atoms with van der Waals surface area (Å²) in [6, 6.07) is 16.1. The molecule has 2 fully saturated rings. The zero-order chi connectivity index (χ0) is 25.5. The lowest BCUT2D eigenvalue weighted by molar-refractivity contribution is -0.0707. The van der Waals surface area contributed by atoms with E-state index in [1.54, 1.807) is 0 Å². The summed E-state index contributed by atoms with van der Waals surface area (Å²) in [4.78, 5) is 12.4. The van der Waals surface area contributed by atoms with E-state index in [4.69, 9.17) is 14.5 Å². The fourth-order valence-corrected chi connectivity index (χ4v) is 6.01. The van der Waals surface area contributed by atoms with Crippen LogP contribution in [0.15, 0.2) is 48.7 Å². The molecule has 0 spiro atoms. The second kappa shape index (κ2) is 10.1. The minimum atomic E-state index is 0.257. The molecule has 0 saturated carbocycles. The van der Waals surface area contributed by atoms with Crippen LogP contribution in [-0.2, 0) is 17.9 Å². The molecule has 7 heteroatoms. The van der Waals surface area contributed by atoms with Crippen LogP contribution in [0.5, 0.6) is 5.75 Å². The van der Waals surface area contributed by atoms with Crippen molar-refractivity contribution in [1.82, 2.24) is 19.4 Å². The van der Waals surface area contributed by atoms with E-state index in [0.29, 0.717) is 12.6 Å². The van der Waals surface area contributed by atoms with E-state index < -0.39 is 0 Å². The average Bonchev–Trinajstić information content (AvgIpc) is 3.31. The molecular weight excluding hydrogens is 462 g/mol. The number of aromatic nitrogens is 2. The van der Waals surface area contributed by atoms with Crippen molar-refractivity contribution < 1.29 is 9.47 Å². The molecule has 3 aliphatic heterocycles. The quantitative estimate of drug-likeness (QED) is 0.510. The Morgan fingerprint density at radius 1 is 0.919 bits per heavy atom. The summed E-state index contributed by atoms with van der Waals surface area (Å²) in [5.41, 5.74) is 5.84. The van der Waals surface area contributed by atoms with Crippen LogP contribution in [-0.4, -0.2) is 76.9 Å². The van der Waals surface area contributed by atoms with Crippen LogP contribution in [0.3, 0.4) is 0 Å². The predicted octanol–water partition coefficient (Wildman–Crippen LogP) is 4.57. The van der Waals surface area contributed by atoms with Crippen molar-refractivity contribution in [1.29, 1.82) is 0 Å². The van der Waals surface area contributed by atoms with Crippen molar-refractivity contribution in [2.24, 2.45) is 0 Å². The lowest BCUT2D eigenvalue weighted by Gasteiger charge is -2.38. The molecule has 0 radical (unpaired) electrons. The molecule has 0 amide bonds. The summed E-state index contributed by atoms with van der Waals surface area (Å²) >= 11 is 0. The first-order valence-corrected chi connectivity index (χ1v) is 13.7. The molecule has 2 aromatic carbocycles. The third-order valence-electron chi connectivity index (χ3n) is 7.90. The van der Waals surface area contributed by atoms with Gasteiger partial charge in [0, 0.05) is 63.7 Å². The van der Waals surface area contributed by atoms with E-state index in [2.05, 4.69) is 95.6 Å². The van der Waals surface area contributed by atoms with E-state index in [1.165, 1.54) is 16.8 Å². The van der Waals surface area contributed by atoms with E-state index in [9.17, 15) is 0 Å². The Bertz CT molecular complexity index is 1220. The highest BCUT2D eigenvalue weighted by Crippen LogP contribution is 2.35. The standard InChI is InChI=1S/C30H39N5O2/c1-21(2)33-11-13-34(14-12-33)27-8-5-24(6-9-27)25-7-10-28-29(15-25)36-20-30-31-26(19-35(28)30)18-32-16-22(3)37-23(4)17-32/h5-10,15,19,21-23H,11-14,16-18,20H2,1-4H3/t22-,23+. The zero-order valence-corrected chi connectivity index (χ0v) is 22.6. The first-order valence-electron chi connectivity index (χ1n) is 13.7. The van der Waals surface area contributed by atoms with Crippen molar-refractivity contribution in [3.05, 3.63) is 60.2 Å². The van der Waals surface area contributed by atoms with Gasteiger partial charge in [-0.1, -0.05) is 18.2 Å². The van der Waals surface area contributed by atoms with Gasteiger partial charge in [0.2, 0.25) is 0 Å². The van der Waals surface area contributed by atoms with Gasteiger partial charge in [-0.15, -0.1) is 0 Å². The lowest BCUT2D eigenvalue weighted by atomic mass is 10.0. The minimum absolute atomic E-state index is 0.257. The number of hydrogen-bond donors (Lipinski definition) is 0. The van der Waals surface area contributed by atoms with Gasteiger partial charge in [0.25, 0.3) is 0 Å². The van der Waals surface area contributed by atoms with Crippen LogP contribution in [0.2, 0.25) is 0 Å². The molecule has 196 valence electrons. The topological polar surface area (TPSA) is 46.0 Å². The van der Waals surface area contributed by atoms with Gasteiger partial charge in [0.15, 0.2) is 5.82 Å². The first kappa shape index (κ1) is 24.5. The van der Waals surface area contributed by atoms with Crippen molar-refractivity contribution in [3.8, 4) is 22.6 Å². The van der Waals surface area contributed by atoms with Crippen molar-refractivity contribution >= 4 is 5.69 Å². The molecule has 0 N–H and O–H groups in total. The molecule has 3 aromatic rings. The Kier molecular flexibility index (Phi) is 6.69. The van der Waals surface area contributed by atoms with Gasteiger partial charge in [-0.3, -0.25) is 14.4 Å². The van der Waals surface area contributed by atoms with E-state index in [1.807, 2.05) is 0 Å². The molecule has 3 aliphatic rings. The third-order valence-corrected chi connectivity index (χ3v) is 7.90.